The first-order valence-electron chi connectivity index (χ1n) is 12.5. The molecule has 0 aliphatic carbocycles. The van der Waals surface area contributed by atoms with Crippen LogP contribution < -0.4 is 5.43 Å². The summed E-state index contributed by atoms with van der Waals surface area (Å²) in [6.45, 7) is 7.26. The van der Waals surface area contributed by atoms with E-state index >= 15 is 0 Å². The average molecular weight is 534 g/mol. The van der Waals surface area contributed by atoms with Gasteiger partial charge in [0.15, 0.2) is 6.29 Å². The number of methoxy groups -OCH3 is 1. The van der Waals surface area contributed by atoms with Gasteiger partial charge >= 0.3 is 0 Å². The number of nitrogens with one attached hydrogen (secondary N) is 1. The minimum absolute atomic E-state index is 0.0294. The summed E-state index contributed by atoms with van der Waals surface area (Å²) >= 11 is 0.485. The molecule has 36 heavy (non-hydrogen) atoms. The molecule has 0 radical (unpaired) electrons. The van der Waals surface area contributed by atoms with Crippen LogP contribution in [0.3, 0.4) is 0 Å². The van der Waals surface area contributed by atoms with Gasteiger partial charge in [-0.1, -0.05) is 36.9 Å². The second kappa shape index (κ2) is 15.8. The van der Waals surface area contributed by atoms with Crippen molar-refractivity contribution in [1.29, 1.82) is 0 Å². The highest BCUT2D eigenvalue weighted by Gasteiger charge is 2.29. The highest BCUT2D eigenvalue weighted by atomic mass is 32.2. The summed E-state index contributed by atoms with van der Waals surface area (Å²) in [5.41, 5.74) is 5.23. The Labute approximate surface area is 218 Å². The van der Waals surface area contributed by atoms with Crippen molar-refractivity contribution in [3.8, 4) is 0 Å². The van der Waals surface area contributed by atoms with Crippen molar-refractivity contribution in [2.45, 2.75) is 75.2 Å². The lowest BCUT2D eigenvalue weighted by molar-refractivity contribution is -0.173. The van der Waals surface area contributed by atoms with E-state index in [4.69, 9.17) is 9.47 Å². The van der Waals surface area contributed by atoms with E-state index in [2.05, 4.69) is 17.4 Å². The van der Waals surface area contributed by atoms with E-state index in [9.17, 15) is 18.3 Å². The molecular weight excluding hydrogens is 491 g/mol. The number of ether oxygens (including phenoxy) is 2. The molecule has 0 amide bonds. The van der Waals surface area contributed by atoms with Gasteiger partial charge in [0.2, 0.25) is 0 Å². The van der Waals surface area contributed by atoms with Crippen LogP contribution in [-0.2, 0) is 9.47 Å². The van der Waals surface area contributed by atoms with Gasteiger partial charge < -0.3 is 24.9 Å². The van der Waals surface area contributed by atoms with Crippen molar-refractivity contribution in [3.63, 3.8) is 0 Å². The molecule has 2 N–H and O–H groups in total. The summed E-state index contributed by atoms with van der Waals surface area (Å²) in [4.78, 5) is 2.72. The van der Waals surface area contributed by atoms with Crippen molar-refractivity contribution in [2.75, 3.05) is 40.5 Å². The molecule has 1 heterocycles. The molecule has 1 aromatic carbocycles. The quantitative estimate of drug-likeness (QED) is 0.237. The summed E-state index contributed by atoms with van der Waals surface area (Å²) in [6, 6.07) is 6.96. The molecule has 0 saturated carbocycles. The zero-order valence-electron chi connectivity index (χ0n) is 22.0. The first-order valence-corrected chi connectivity index (χ1v) is 13.4. The number of aliphatic hydroxyl groups excluding tert-OH is 1. The number of nitrogens with zero attached hydrogens (tertiary/aromatic N) is 2. The molecule has 1 saturated heterocycles. The fourth-order valence-corrected chi connectivity index (χ4v) is 5.10. The third kappa shape index (κ3) is 9.87. The molecule has 0 spiro atoms. The molecule has 2 rings (SSSR count). The van der Waals surface area contributed by atoms with Crippen LogP contribution in [0, 0.1) is 5.92 Å². The molecule has 206 valence electrons. The van der Waals surface area contributed by atoms with Gasteiger partial charge in [0.25, 0.3) is 5.76 Å². The van der Waals surface area contributed by atoms with Gasteiger partial charge in [0.1, 0.15) is 0 Å². The molecule has 1 aliphatic rings. The smallest absolute Gasteiger partial charge is 0.288 e. The van der Waals surface area contributed by atoms with Crippen LogP contribution in [0.4, 0.5) is 13.2 Å². The number of hydrogen-bond donors (Lipinski definition) is 2. The van der Waals surface area contributed by atoms with Gasteiger partial charge in [-0.15, -0.1) is 0 Å². The summed E-state index contributed by atoms with van der Waals surface area (Å²) in [5, 5.41) is 11.9. The maximum atomic E-state index is 14.2. The second-order valence-electron chi connectivity index (χ2n) is 9.24. The zero-order valence-corrected chi connectivity index (χ0v) is 22.8. The van der Waals surface area contributed by atoms with E-state index in [1.165, 1.54) is 0 Å². The van der Waals surface area contributed by atoms with Gasteiger partial charge in [0, 0.05) is 62.1 Å². The van der Waals surface area contributed by atoms with E-state index in [1.807, 2.05) is 31.9 Å². The highest BCUT2D eigenvalue weighted by Crippen LogP contribution is 2.31. The Kier molecular flexibility index (Phi) is 13.6. The Morgan fingerprint density at radius 2 is 2.00 bits per heavy atom. The highest BCUT2D eigenvalue weighted by molar-refractivity contribution is 7.99. The summed E-state index contributed by atoms with van der Waals surface area (Å²) in [5.74, 6) is -2.92. The monoisotopic (exact) mass is 533 g/mol. The molecule has 1 fully saturated rings. The number of thioether (sulfide) groups is 1. The first kappa shape index (κ1) is 30.9. The van der Waals surface area contributed by atoms with Crippen LogP contribution >= 0.6 is 11.8 Å². The van der Waals surface area contributed by atoms with Crippen molar-refractivity contribution < 1.29 is 27.8 Å². The molecule has 10 heteroatoms. The van der Waals surface area contributed by atoms with Crippen LogP contribution in [0.5, 0.6) is 0 Å². The minimum Gasteiger partial charge on any atom is -0.376 e. The van der Waals surface area contributed by atoms with Crippen LogP contribution in [-0.4, -0.2) is 79.7 Å². The summed E-state index contributed by atoms with van der Waals surface area (Å²) in [6.07, 6.45) is 3.09. The molecular formula is C26H42F3N3O3S. The van der Waals surface area contributed by atoms with E-state index in [0.29, 0.717) is 36.2 Å². The Balaban J connectivity index is 1.96. The molecule has 0 aromatic heterocycles. The second-order valence-corrected chi connectivity index (χ2v) is 10.3. The average Bonchev–Trinajstić information content (AvgIpc) is 2.85. The normalized spacial score (nSPS) is 22.9. The predicted molar refractivity (Wildman–Crippen MR) is 138 cm³/mol. The van der Waals surface area contributed by atoms with Gasteiger partial charge in [-0.05, 0) is 45.0 Å². The Morgan fingerprint density at radius 3 is 2.53 bits per heavy atom. The lowest BCUT2D eigenvalue weighted by atomic mass is 9.96. The lowest BCUT2D eigenvalue weighted by Crippen LogP contribution is -2.45. The largest absolute Gasteiger partial charge is 0.376 e. The SMILES string of the molecule is C/C=C(/CCN(C)[C@H]1C[C@@H](C)O[C@@H](O)C1)NN(CC)C[C@H](CF)[C@H](OC)c1ccc(SC(F)F)cc1. The summed E-state index contributed by atoms with van der Waals surface area (Å²) < 4.78 is 50.5. The third-order valence-electron chi connectivity index (χ3n) is 6.63. The number of hydrogen-bond acceptors (Lipinski definition) is 7. The fourth-order valence-electron chi connectivity index (χ4n) is 4.60. The molecule has 6 nitrogen and oxygen atoms in total. The van der Waals surface area contributed by atoms with Crippen LogP contribution in [0.1, 0.15) is 51.7 Å². The Bertz CT molecular complexity index is 777. The maximum Gasteiger partial charge on any atom is 0.288 e. The van der Waals surface area contributed by atoms with Crippen LogP contribution in [0.2, 0.25) is 0 Å². The number of hydrazine groups is 1. The van der Waals surface area contributed by atoms with Crippen LogP contribution in [0.15, 0.2) is 40.9 Å². The molecule has 0 unspecified atom stereocenters. The number of alkyl halides is 3. The molecule has 1 aliphatic heterocycles. The van der Waals surface area contributed by atoms with Crippen molar-refractivity contribution in [2.24, 2.45) is 5.92 Å². The number of halogens is 3. The van der Waals surface area contributed by atoms with Gasteiger partial charge in [-0.25, -0.2) is 5.01 Å². The van der Waals surface area contributed by atoms with Gasteiger partial charge in [-0.2, -0.15) is 8.78 Å². The predicted octanol–water partition coefficient (Wildman–Crippen LogP) is 5.21. The van der Waals surface area contributed by atoms with Crippen molar-refractivity contribution in [1.82, 2.24) is 15.3 Å². The molecule has 1 aromatic rings. The standard InChI is InChI=1S/C26H42F3N3O3S/c1-6-21(12-13-31(4)22-14-18(3)35-24(33)15-22)30-32(7-2)17-20(16-27)25(34-5)19-8-10-23(11-9-19)36-26(28)29/h6,8-11,18,20,22,24-26,30,33H,7,12-17H2,1-5H3/b21-6-/t18-,20+,22+,24-,25-/m1/s1. The number of allylic oxidation sites excluding steroid dienone is 1. The third-order valence-corrected chi connectivity index (χ3v) is 7.35. The van der Waals surface area contributed by atoms with Crippen molar-refractivity contribution in [3.05, 3.63) is 41.6 Å². The summed E-state index contributed by atoms with van der Waals surface area (Å²) in [7, 11) is 3.61. The van der Waals surface area contributed by atoms with E-state index < -0.39 is 30.7 Å². The Morgan fingerprint density at radius 1 is 1.31 bits per heavy atom. The topological polar surface area (TPSA) is 57.2 Å². The number of benzene rings is 1. The van der Waals surface area contributed by atoms with Gasteiger partial charge in [0.05, 0.1) is 18.9 Å². The molecule has 0 bridgehead atoms. The lowest BCUT2D eigenvalue weighted by Gasteiger charge is -2.37. The maximum absolute atomic E-state index is 14.2. The van der Waals surface area contributed by atoms with Crippen LogP contribution in [0.25, 0.3) is 0 Å². The number of rotatable bonds is 15. The van der Waals surface area contributed by atoms with E-state index in [0.717, 1.165) is 30.6 Å². The molecule has 5 atom stereocenters. The zero-order chi connectivity index (χ0) is 26.7. The first-order chi connectivity index (χ1) is 17.2. The Hall–Kier alpha value is -1.30. The fraction of sp³-hybridized carbons (Fsp3) is 0.692. The van der Waals surface area contributed by atoms with E-state index in [-0.39, 0.29) is 12.1 Å². The number of aliphatic hydroxyl groups is 1. The van der Waals surface area contributed by atoms with E-state index in [1.54, 1.807) is 31.4 Å². The van der Waals surface area contributed by atoms with Gasteiger partial charge in [-0.3, -0.25) is 4.39 Å². The van der Waals surface area contributed by atoms with Crippen molar-refractivity contribution >= 4 is 11.8 Å². The minimum atomic E-state index is -2.48.